The minimum atomic E-state index is -0.287. The van der Waals surface area contributed by atoms with Crippen molar-refractivity contribution in [2.45, 2.75) is 38.2 Å². The lowest BCUT2D eigenvalue weighted by atomic mass is 10.1. The summed E-state index contributed by atoms with van der Waals surface area (Å²) >= 11 is 1.35. The molecule has 0 aliphatic rings. The first-order valence-electron chi connectivity index (χ1n) is 9.77. The van der Waals surface area contributed by atoms with E-state index in [4.69, 9.17) is 4.74 Å². The highest BCUT2D eigenvalue weighted by Crippen LogP contribution is 2.24. The molecule has 0 aliphatic carbocycles. The zero-order valence-electron chi connectivity index (χ0n) is 17.2. The van der Waals surface area contributed by atoms with Gasteiger partial charge in [0.2, 0.25) is 5.91 Å². The molecule has 0 fully saturated rings. The molecule has 30 heavy (non-hydrogen) atoms. The first-order chi connectivity index (χ1) is 14.6. The van der Waals surface area contributed by atoms with Gasteiger partial charge in [-0.1, -0.05) is 65.9 Å². The molecule has 7 heteroatoms. The van der Waals surface area contributed by atoms with E-state index in [1.54, 1.807) is 6.08 Å². The Morgan fingerprint density at radius 2 is 1.93 bits per heavy atom. The molecule has 0 spiro atoms. The highest BCUT2D eigenvalue weighted by Gasteiger charge is 2.19. The summed E-state index contributed by atoms with van der Waals surface area (Å²) in [6.45, 7) is 8.84. The lowest BCUT2D eigenvalue weighted by Gasteiger charge is -2.15. The normalized spacial score (nSPS) is 11.7. The van der Waals surface area contributed by atoms with Crippen LogP contribution in [0.1, 0.15) is 30.0 Å². The van der Waals surface area contributed by atoms with Crippen molar-refractivity contribution in [3.63, 3.8) is 0 Å². The monoisotopic (exact) mass is 422 g/mol. The number of carbonyl (C=O) groups is 1. The van der Waals surface area contributed by atoms with Crippen molar-refractivity contribution in [1.29, 1.82) is 0 Å². The first-order valence-corrected chi connectivity index (χ1v) is 10.8. The molecule has 2 aromatic carbocycles. The van der Waals surface area contributed by atoms with Gasteiger partial charge in [-0.2, -0.15) is 0 Å². The van der Waals surface area contributed by atoms with Gasteiger partial charge in [0.15, 0.2) is 17.1 Å². The van der Waals surface area contributed by atoms with Gasteiger partial charge in [0.1, 0.15) is 5.75 Å². The molecule has 0 bridgehead atoms. The zero-order valence-corrected chi connectivity index (χ0v) is 18.1. The second kappa shape index (κ2) is 10.6. The van der Waals surface area contributed by atoms with Crippen LogP contribution in [-0.2, 0) is 17.9 Å². The van der Waals surface area contributed by atoms with E-state index in [-0.39, 0.29) is 17.8 Å². The molecule has 156 valence electrons. The Balaban J connectivity index is 1.59. The van der Waals surface area contributed by atoms with Crippen LogP contribution < -0.4 is 10.1 Å². The number of hydrogen-bond donors (Lipinski definition) is 1. The topological polar surface area (TPSA) is 69.0 Å². The van der Waals surface area contributed by atoms with Crippen LogP contribution >= 0.6 is 11.8 Å². The highest BCUT2D eigenvalue weighted by molar-refractivity contribution is 7.99. The van der Waals surface area contributed by atoms with Crippen molar-refractivity contribution in [3.05, 3.63) is 84.2 Å². The second-order valence-corrected chi connectivity index (χ2v) is 7.81. The van der Waals surface area contributed by atoms with Crippen molar-refractivity contribution in [2.75, 3.05) is 5.75 Å². The Kier molecular flexibility index (Phi) is 7.68. The molecule has 1 amide bonds. The number of para-hydroxylation sites is 1. The van der Waals surface area contributed by atoms with Gasteiger partial charge in [-0.15, -0.1) is 16.8 Å². The number of nitrogens with zero attached hydrogens (tertiary/aromatic N) is 3. The van der Waals surface area contributed by atoms with E-state index in [0.29, 0.717) is 24.1 Å². The standard InChI is InChI=1S/C23H26N4O2S/c1-4-14-27-22(18(3)29-20-8-6-5-7-9-20)25-26-23(27)30-16-21(28)24-15-19-12-10-17(2)11-13-19/h4-13,18H,1,14-16H2,2-3H3,(H,24,28). The van der Waals surface area contributed by atoms with E-state index >= 15 is 0 Å². The quantitative estimate of drug-likeness (QED) is 0.389. The van der Waals surface area contributed by atoms with Gasteiger partial charge in [-0.05, 0) is 31.5 Å². The molecule has 1 atom stereocenters. The predicted octanol–water partition coefficient (Wildman–Crippen LogP) is 4.32. The van der Waals surface area contributed by atoms with Crippen LogP contribution in [0.25, 0.3) is 0 Å². The number of rotatable bonds is 10. The molecule has 0 aliphatic heterocycles. The zero-order chi connectivity index (χ0) is 21.3. The number of allylic oxidation sites excluding steroid dienone is 1. The van der Waals surface area contributed by atoms with Crippen LogP contribution in [0.4, 0.5) is 0 Å². The Morgan fingerprint density at radius 1 is 1.20 bits per heavy atom. The fourth-order valence-corrected chi connectivity index (χ4v) is 3.64. The maximum absolute atomic E-state index is 12.3. The van der Waals surface area contributed by atoms with Gasteiger partial charge in [0.05, 0.1) is 5.75 Å². The summed E-state index contributed by atoms with van der Waals surface area (Å²) in [7, 11) is 0. The van der Waals surface area contributed by atoms with Crippen molar-refractivity contribution in [1.82, 2.24) is 20.1 Å². The van der Waals surface area contributed by atoms with Gasteiger partial charge in [0.25, 0.3) is 0 Å². The fraction of sp³-hybridized carbons (Fsp3) is 0.261. The summed E-state index contributed by atoms with van der Waals surface area (Å²) in [6.07, 6.45) is 1.49. The van der Waals surface area contributed by atoms with E-state index in [0.717, 1.165) is 11.3 Å². The molecule has 0 saturated heterocycles. The summed E-state index contributed by atoms with van der Waals surface area (Å²) in [4.78, 5) is 12.3. The van der Waals surface area contributed by atoms with Crippen LogP contribution in [0.2, 0.25) is 0 Å². The lowest BCUT2D eigenvalue weighted by molar-refractivity contribution is -0.118. The summed E-state index contributed by atoms with van der Waals surface area (Å²) in [6, 6.07) is 17.7. The van der Waals surface area contributed by atoms with Crippen LogP contribution in [0, 0.1) is 6.92 Å². The number of aryl methyl sites for hydroxylation is 1. The van der Waals surface area contributed by atoms with Crippen LogP contribution in [-0.4, -0.2) is 26.4 Å². The van der Waals surface area contributed by atoms with Gasteiger partial charge in [0, 0.05) is 13.1 Å². The van der Waals surface area contributed by atoms with Gasteiger partial charge in [-0.3, -0.25) is 9.36 Å². The number of ether oxygens (including phenoxy) is 1. The Bertz CT molecular complexity index is 971. The number of aromatic nitrogens is 3. The van der Waals surface area contributed by atoms with E-state index in [2.05, 4.69) is 22.1 Å². The molecule has 3 rings (SSSR count). The highest BCUT2D eigenvalue weighted by atomic mass is 32.2. The molecule has 3 aromatic rings. The molecule has 1 heterocycles. The molecule has 1 aromatic heterocycles. The minimum absolute atomic E-state index is 0.0520. The first kappa shape index (κ1) is 21.6. The smallest absolute Gasteiger partial charge is 0.230 e. The summed E-state index contributed by atoms with van der Waals surface area (Å²) in [5, 5.41) is 12.2. The molecular formula is C23H26N4O2S. The van der Waals surface area contributed by atoms with E-state index < -0.39 is 0 Å². The Hall–Kier alpha value is -3.06. The number of carbonyl (C=O) groups excluding carboxylic acids is 1. The minimum Gasteiger partial charge on any atom is -0.483 e. The number of amides is 1. The molecular weight excluding hydrogens is 396 g/mol. The number of benzene rings is 2. The summed E-state index contributed by atoms with van der Waals surface area (Å²) in [5.74, 6) is 1.67. The van der Waals surface area contributed by atoms with Crippen LogP contribution in [0.3, 0.4) is 0 Å². The third kappa shape index (κ3) is 5.97. The van der Waals surface area contributed by atoms with Crippen LogP contribution in [0.15, 0.2) is 72.4 Å². The average Bonchev–Trinajstić information content (AvgIpc) is 3.15. The van der Waals surface area contributed by atoms with Gasteiger partial charge >= 0.3 is 0 Å². The van der Waals surface area contributed by atoms with Crippen molar-refractivity contribution in [2.24, 2.45) is 0 Å². The molecule has 1 N–H and O–H groups in total. The Morgan fingerprint density at radius 3 is 2.63 bits per heavy atom. The SMILES string of the molecule is C=CCn1c(SCC(=O)NCc2ccc(C)cc2)nnc1C(C)Oc1ccccc1. The van der Waals surface area contributed by atoms with E-state index in [1.807, 2.05) is 73.0 Å². The average molecular weight is 423 g/mol. The number of thioether (sulfide) groups is 1. The maximum atomic E-state index is 12.3. The van der Waals surface area contributed by atoms with Gasteiger partial charge in [-0.25, -0.2) is 0 Å². The number of hydrogen-bond acceptors (Lipinski definition) is 5. The lowest BCUT2D eigenvalue weighted by Crippen LogP contribution is -2.24. The van der Waals surface area contributed by atoms with Crippen molar-refractivity contribution in [3.8, 4) is 5.75 Å². The summed E-state index contributed by atoms with van der Waals surface area (Å²) in [5.41, 5.74) is 2.27. The molecule has 6 nitrogen and oxygen atoms in total. The van der Waals surface area contributed by atoms with E-state index in [1.165, 1.54) is 17.3 Å². The predicted molar refractivity (Wildman–Crippen MR) is 119 cm³/mol. The molecule has 0 radical (unpaired) electrons. The second-order valence-electron chi connectivity index (χ2n) is 6.86. The molecule has 0 saturated carbocycles. The van der Waals surface area contributed by atoms with Crippen molar-refractivity contribution >= 4 is 17.7 Å². The summed E-state index contributed by atoms with van der Waals surface area (Å²) < 4.78 is 7.91. The third-order valence-electron chi connectivity index (χ3n) is 4.42. The third-order valence-corrected chi connectivity index (χ3v) is 5.39. The largest absolute Gasteiger partial charge is 0.483 e. The molecule has 1 unspecified atom stereocenters. The maximum Gasteiger partial charge on any atom is 0.230 e. The van der Waals surface area contributed by atoms with Gasteiger partial charge < -0.3 is 10.1 Å². The fourth-order valence-electron chi connectivity index (χ4n) is 2.85. The van der Waals surface area contributed by atoms with Crippen molar-refractivity contribution < 1.29 is 9.53 Å². The van der Waals surface area contributed by atoms with E-state index in [9.17, 15) is 4.79 Å². The Labute approximate surface area is 181 Å². The van der Waals surface area contributed by atoms with Crippen LogP contribution in [0.5, 0.6) is 5.75 Å². The number of nitrogens with one attached hydrogen (secondary N) is 1.